The van der Waals surface area contributed by atoms with E-state index in [1.807, 2.05) is 27.7 Å². The molecule has 0 aromatic heterocycles. The molecule has 8 nitrogen and oxygen atoms in total. The molecule has 552 valence electrons. The molecule has 16 fully saturated rings. The predicted octanol–water partition coefficient (Wildman–Crippen LogP) is 23.9. The second kappa shape index (κ2) is 26.3. The summed E-state index contributed by atoms with van der Waals surface area (Å²) in [6.07, 6.45) is 43.7. The quantitative estimate of drug-likeness (QED) is 0.182. The Labute approximate surface area is 610 Å². The van der Waals surface area contributed by atoms with E-state index in [1.165, 1.54) is 176 Å². The third kappa shape index (κ3) is 12.3. The lowest BCUT2D eigenvalue weighted by Gasteiger charge is -2.61. The number of hydrogen-bond acceptors (Lipinski definition) is 4. The minimum absolute atomic E-state index is 0.291. The molecule has 0 spiro atoms. The van der Waals surface area contributed by atoms with Gasteiger partial charge in [-0.25, -0.2) is 19.4 Å². The molecule has 16 aliphatic carbocycles. The average Bonchev–Trinajstić information content (AvgIpc) is 1.36. The van der Waals surface area contributed by atoms with Gasteiger partial charge in [-0.1, -0.05) is 77.7 Å². The molecule has 0 heterocycles. The van der Waals surface area contributed by atoms with Crippen molar-refractivity contribution in [1.29, 1.82) is 0 Å². The monoisotopic (exact) mass is 1370 g/mol. The Morgan fingerprint density at radius 2 is 0.450 bits per heavy atom. The maximum absolute atomic E-state index is 10.6. The first-order valence-corrected chi connectivity index (χ1v) is 42.1. The molecule has 16 aliphatic rings. The zero-order valence-corrected chi connectivity index (χ0v) is 66.3. The van der Waals surface area contributed by atoms with Crippen molar-refractivity contribution in [1.82, 2.24) is 0 Å². The van der Waals surface area contributed by atoms with Crippen LogP contribution in [0.4, 0.5) is 0 Å². The van der Waals surface area contributed by atoms with Crippen LogP contribution in [0.1, 0.15) is 342 Å². The van der Waals surface area contributed by atoms with Crippen LogP contribution in [0.15, 0.2) is 45.1 Å². The zero-order chi connectivity index (χ0) is 72.1. The molecule has 0 aromatic carbocycles. The molecular weight excluding hydrogens is 1230 g/mol. The first kappa shape index (κ1) is 75.0. The van der Waals surface area contributed by atoms with Gasteiger partial charge in [-0.3, -0.25) is 0 Å². The van der Waals surface area contributed by atoms with Gasteiger partial charge in [0.25, 0.3) is 0 Å². The van der Waals surface area contributed by atoms with Crippen molar-refractivity contribution in [3.8, 4) is 0 Å². The van der Waals surface area contributed by atoms with Crippen molar-refractivity contribution in [2.45, 2.75) is 364 Å². The summed E-state index contributed by atoms with van der Waals surface area (Å²) >= 11 is 0. The van der Waals surface area contributed by atoms with Crippen molar-refractivity contribution in [2.24, 2.45) is 138 Å². The molecule has 0 radical (unpaired) electrons. The van der Waals surface area contributed by atoms with E-state index in [9.17, 15) is 20.4 Å². The van der Waals surface area contributed by atoms with Crippen LogP contribution in [-0.2, 0) is 0 Å². The SMILES string of the molecule is [C-]#[N+]/C(C)=C1/CC[C@H]2[C@@H]3CC[C@@H]4C[C@](C)(O)CC[C@]4(C)[C@H]3CC[C@]12C.[C-]#[N+]/C(C)=C1/CC[C@H]2[C@@H]3CC[C@@H]4C[C@](C)(O)CC[C@]4(C)[C@H]3CC[C@]12C.[C-]#[N+]/C(C)=C1/CC[C@H]2[C@@H]3CC[C@H]4C[C@](C)(O)CC[C@]4(C)[C@H]3CC[C@]12C.[C-]#[N+]/C(C)=C1/CC[C@H]2[C@@H]3CC[C@H]4C[C@](C)(O)CC[C@]4(C)[C@H]3CC[C@]12C. The highest BCUT2D eigenvalue weighted by Crippen LogP contribution is 2.74. The minimum atomic E-state index is -0.434. The fourth-order valence-corrected chi connectivity index (χ4v) is 31.6. The molecule has 0 unspecified atom stereocenters. The Hall–Kier alpha value is -3.24. The molecule has 16 saturated carbocycles. The van der Waals surface area contributed by atoms with E-state index >= 15 is 0 Å². The summed E-state index contributed by atoms with van der Waals surface area (Å²) in [4.78, 5) is 15.2. The lowest BCUT2D eigenvalue weighted by Crippen LogP contribution is -2.55. The molecule has 8 heteroatoms. The number of nitrogens with zero attached hydrogens (tertiary/aromatic N) is 4. The normalized spacial score (nSPS) is 54.1. The van der Waals surface area contributed by atoms with Crippen molar-refractivity contribution in [3.05, 3.63) is 90.7 Å². The average molecular weight is 1370 g/mol. The summed E-state index contributed by atoms with van der Waals surface area (Å²) in [6.45, 7) is 66.5. The summed E-state index contributed by atoms with van der Waals surface area (Å²) in [5, 5.41) is 42.4. The van der Waals surface area contributed by atoms with Crippen molar-refractivity contribution < 1.29 is 20.4 Å². The van der Waals surface area contributed by atoms with Crippen LogP contribution in [0.2, 0.25) is 0 Å². The highest BCUT2D eigenvalue weighted by atomic mass is 16.3. The Kier molecular flexibility index (Phi) is 19.7. The number of allylic oxidation sites excluding steroid dienone is 8. The van der Waals surface area contributed by atoms with Gasteiger partial charge < -0.3 is 20.4 Å². The van der Waals surface area contributed by atoms with Crippen molar-refractivity contribution >= 4 is 0 Å². The van der Waals surface area contributed by atoms with Crippen LogP contribution >= 0.6 is 0 Å². The van der Waals surface area contributed by atoms with Crippen LogP contribution in [0.3, 0.4) is 0 Å². The van der Waals surface area contributed by atoms with Gasteiger partial charge in [0.2, 0.25) is 0 Å². The van der Waals surface area contributed by atoms with Gasteiger partial charge in [0, 0.05) is 0 Å². The lowest BCUT2D eigenvalue weighted by atomic mass is 9.44. The van der Waals surface area contributed by atoms with Gasteiger partial charge in [-0.2, -0.15) is 0 Å². The lowest BCUT2D eigenvalue weighted by molar-refractivity contribution is -0.139. The number of hydrogen-bond donors (Lipinski definition) is 4. The third-order valence-electron chi connectivity index (χ3n) is 37.4. The van der Waals surface area contributed by atoms with E-state index in [0.29, 0.717) is 67.0 Å². The Bertz CT molecular complexity index is 3010. The maximum atomic E-state index is 10.6. The van der Waals surface area contributed by atoms with E-state index in [2.05, 4.69) is 102 Å². The standard InChI is InChI=1S/4C23H35NO/c4*1-15(24-5)18-8-9-19-17-7-6-16-14-21(2,25)12-13-22(16,3)20(17)10-11-23(18,19)4/h4*16-17,19-20,25H,6-14H2,1-4H3/b4*18-15-/t2*16-,17+,19+,20+,21-,22+,23-;2*16-,17-,19-,20-,21+,22-,23+/m1100/s1. The number of aliphatic hydroxyl groups is 4. The molecule has 0 bridgehead atoms. The second-order valence-electron chi connectivity index (χ2n) is 42.1. The van der Waals surface area contributed by atoms with E-state index in [-0.39, 0.29) is 0 Å². The molecule has 16 rings (SSSR count). The van der Waals surface area contributed by atoms with E-state index < -0.39 is 22.4 Å². The molecule has 28 atom stereocenters. The van der Waals surface area contributed by atoms with Crippen LogP contribution in [0, 0.1) is 164 Å². The van der Waals surface area contributed by atoms with E-state index in [0.717, 1.165) is 171 Å². The second-order valence-corrected chi connectivity index (χ2v) is 42.1. The topological polar surface area (TPSA) is 98.4 Å². The fourth-order valence-electron chi connectivity index (χ4n) is 31.6. The number of fused-ring (bicyclic) bond motifs is 20. The van der Waals surface area contributed by atoms with Gasteiger partial charge in [-0.15, -0.1) is 0 Å². The minimum Gasteiger partial charge on any atom is -0.390 e. The van der Waals surface area contributed by atoms with Gasteiger partial charge in [0.1, 0.15) is 0 Å². The molecular formula is C92H140N4O4. The molecule has 100 heavy (non-hydrogen) atoms. The third-order valence-corrected chi connectivity index (χ3v) is 37.4. The van der Waals surface area contributed by atoms with Crippen LogP contribution in [0.25, 0.3) is 19.4 Å². The Balaban J connectivity index is 0.000000119. The summed E-state index contributed by atoms with van der Waals surface area (Å²) in [6, 6.07) is 0. The predicted molar refractivity (Wildman–Crippen MR) is 407 cm³/mol. The Morgan fingerprint density at radius 1 is 0.260 bits per heavy atom. The van der Waals surface area contributed by atoms with Crippen molar-refractivity contribution in [3.63, 3.8) is 0 Å². The van der Waals surface area contributed by atoms with Crippen LogP contribution in [0.5, 0.6) is 0 Å². The van der Waals surface area contributed by atoms with Gasteiger partial charge in [0.15, 0.2) is 22.8 Å². The molecule has 0 saturated heterocycles. The van der Waals surface area contributed by atoms with Crippen LogP contribution < -0.4 is 0 Å². The Morgan fingerprint density at radius 3 is 0.630 bits per heavy atom. The molecule has 0 amide bonds. The molecule has 4 N–H and O–H groups in total. The van der Waals surface area contributed by atoms with E-state index in [4.69, 9.17) is 26.3 Å². The summed E-state index contributed by atoms with van der Waals surface area (Å²) in [5.74, 6) is 12.8. The summed E-state index contributed by atoms with van der Waals surface area (Å²) in [5.41, 5.74) is 11.1. The fraction of sp³-hybridized carbons (Fsp3) is 0.870. The maximum Gasteiger partial charge on any atom is 0.162 e. The van der Waals surface area contributed by atoms with Crippen molar-refractivity contribution in [2.75, 3.05) is 0 Å². The van der Waals surface area contributed by atoms with Crippen LogP contribution in [-0.4, -0.2) is 42.8 Å². The largest absolute Gasteiger partial charge is 0.390 e. The summed E-state index contributed by atoms with van der Waals surface area (Å²) < 4.78 is 0. The highest BCUT2D eigenvalue weighted by Gasteiger charge is 2.65. The number of rotatable bonds is 0. The van der Waals surface area contributed by atoms with Gasteiger partial charge in [0.05, 0.1) is 48.7 Å². The van der Waals surface area contributed by atoms with Gasteiger partial charge in [-0.05, 0) is 425 Å². The molecule has 0 aliphatic heterocycles. The first-order chi connectivity index (χ1) is 46.8. The summed E-state index contributed by atoms with van der Waals surface area (Å²) in [7, 11) is 0. The molecule has 0 aromatic rings. The zero-order valence-electron chi connectivity index (χ0n) is 66.3. The first-order valence-electron chi connectivity index (χ1n) is 42.1. The highest BCUT2D eigenvalue weighted by molar-refractivity contribution is 5.35. The van der Waals surface area contributed by atoms with E-state index in [1.54, 1.807) is 0 Å². The smallest absolute Gasteiger partial charge is 0.162 e. The van der Waals surface area contributed by atoms with Gasteiger partial charge >= 0.3 is 0 Å².